The lowest BCUT2D eigenvalue weighted by Crippen LogP contribution is -2.35. The van der Waals surface area contributed by atoms with Crippen molar-refractivity contribution in [1.82, 2.24) is 4.90 Å². The Hall–Kier alpha value is -3.35. The van der Waals surface area contributed by atoms with Crippen LogP contribution in [0.3, 0.4) is 0 Å². The SMILES string of the molecule is CN(CC(=O)Nc1c(Cl)cccc1Cl)C(=O)c1ccccc1NC(=O)c1ccccc1. The van der Waals surface area contributed by atoms with Crippen LogP contribution in [0, 0.1) is 0 Å². The molecule has 0 saturated carbocycles. The quantitative estimate of drug-likeness (QED) is 0.551. The molecule has 0 aliphatic rings. The number of rotatable bonds is 6. The molecule has 0 bridgehead atoms. The minimum absolute atomic E-state index is 0.235. The van der Waals surface area contributed by atoms with E-state index >= 15 is 0 Å². The van der Waals surface area contributed by atoms with Crippen molar-refractivity contribution in [3.8, 4) is 0 Å². The predicted molar refractivity (Wildman–Crippen MR) is 123 cm³/mol. The number of carbonyl (C=O) groups is 3. The Labute approximate surface area is 189 Å². The van der Waals surface area contributed by atoms with Gasteiger partial charge in [-0.15, -0.1) is 0 Å². The molecule has 0 aliphatic heterocycles. The minimum atomic E-state index is -0.461. The Balaban J connectivity index is 1.71. The van der Waals surface area contributed by atoms with Crippen molar-refractivity contribution < 1.29 is 14.4 Å². The molecule has 0 aliphatic carbocycles. The van der Waals surface area contributed by atoms with Crippen LogP contribution in [0.1, 0.15) is 20.7 Å². The first kappa shape index (κ1) is 22.3. The number of nitrogens with zero attached hydrogens (tertiary/aromatic N) is 1. The van der Waals surface area contributed by atoms with E-state index in [1.807, 2.05) is 6.07 Å². The van der Waals surface area contributed by atoms with Crippen molar-refractivity contribution in [2.75, 3.05) is 24.2 Å². The molecule has 158 valence electrons. The summed E-state index contributed by atoms with van der Waals surface area (Å²) in [5.74, 6) is -1.23. The van der Waals surface area contributed by atoms with Gasteiger partial charge in [-0.05, 0) is 36.4 Å². The summed E-state index contributed by atoms with van der Waals surface area (Å²) in [7, 11) is 1.49. The molecule has 3 aromatic rings. The third-order valence-electron chi connectivity index (χ3n) is 4.40. The number of hydrogen-bond donors (Lipinski definition) is 2. The zero-order chi connectivity index (χ0) is 22.4. The number of para-hydroxylation sites is 2. The molecule has 8 heteroatoms. The number of nitrogens with one attached hydrogen (secondary N) is 2. The van der Waals surface area contributed by atoms with Crippen molar-refractivity contribution in [1.29, 1.82) is 0 Å². The molecule has 3 amide bonds. The van der Waals surface area contributed by atoms with Gasteiger partial charge in [-0.1, -0.05) is 59.6 Å². The number of likely N-dealkylation sites (N-methyl/N-ethyl adjacent to an activating group) is 1. The first-order chi connectivity index (χ1) is 14.9. The Morgan fingerprint density at radius 3 is 2.10 bits per heavy atom. The van der Waals surface area contributed by atoms with Gasteiger partial charge < -0.3 is 15.5 Å². The van der Waals surface area contributed by atoms with Crippen LogP contribution in [-0.4, -0.2) is 36.2 Å². The average molecular weight is 456 g/mol. The first-order valence-electron chi connectivity index (χ1n) is 9.31. The van der Waals surface area contributed by atoms with E-state index in [0.29, 0.717) is 21.3 Å². The predicted octanol–water partition coefficient (Wildman–Crippen LogP) is 4.96. The number of halogens is 2. The van der Waals surface area contributed by atoms with Crippen LogP contribution in [0.4, 0.5) is 11.4 Å². The topological polar surface area (TPSA) is 78.5 Å². The molecule has 0 radical (unpaired) electrons. The highest BCUT2D eigenvalue weighted by Gasteiger charge is 2.20. The number of amides is 3. The van der Waals surface area contributed by atoms with Crippen LogP contribution in [0.5, 0.6) is 0 Å². The second kappa shape index (κ2) is 10.1. The van der Waals surface area contributed by atoms with E-state index in [4.69, 9.17) is 23.2 Å². The highest BCUT2D eigenvalue weighted by atomic mass is 35.5. The molecular formula is C23H19Cl2N3O3. The molecule has 0 spiro atoms. The van der Waals surface area contributed by atoms with Crippen molar-refractivity contribution in [3.05, 3.63) is 94.0 Å². The Bertz CT molecular complexity index is 1100. The maximum atomic E-state index is 12.9. The summed E-state index contributed by atoms with van der Waals surface area (Å²) >= 11 is 12.1. The molecule has 0 aromatic heterocycles. The van der Waals surface area contributed by atoms with E-state index in [1.54, 1.807) is 66.7 Å². The summed E-state index contributed by atoms with van der Waals surface area (Å²) in [5.41, 5.74) is 1.36. The smallest absolute Gasteiger partial charge is 0.256 e. The Kier molecular flexibility index (Phi) is 7.28. The molecule has 0 saturated heterocycles. The number of anilines is 2. The summed E-state index contributed by atoms with van der Waals surface area (Å²) < 4.78 is 0. The average Bonchev–Trinajstić information content (AvgIpc) is 2.77. The van der Waals surface area contributed by atoms with Crippen LogP contribution >= 0.6 is 23.2 Å². The maximum Gasteiger partial charge on any atom is 0.256 e. The molecule has 0 atom stereocenters. The fourth-order valence-corrected chi connectivity index (χ4v) is 3.34. The molecule has 0 unspecified atom stereocenters. The molecule has 2 N–H and O–H groups in total. The van der Waals surface area contributed by atoms with E-state index in [9.17, 15) is 14.4 Å². The van der Waals surface area contributed by atoms with Crippen molar-refractivity contribution >= 4 is 52.3 Å². The van der Waals surface area contributed by atoms with Crippen LogP contribution in [0.15, 0.2) is 72.8 Å². The monoisotopic (exact) mass is 455 g/mol. The van der Waals surface area contributed by atoms with E-state index in [1.165, 1.54) is 11.9 Å². The normalized spacial score (nSPS) is 10.3. The maximum absolute atomic E-state index is 12.9. The Morgan fingerprint density at radius 2 is 1.42 bits per heavy atom. The van der Waals surface area contributed by atoms with Gasteiger partial charge in [0.2, 0.25) is 5.91 Å². The number of benzene rings is 3. The molecular weight excluding hydrogens is 437 g/mol. The van der Waals surface area contributed by atoms with Crippen LogP contribution in [-0.2, 0) is 4.79 Å². The summed E-state index contributed by atoms with van der Waals surface area (Å²) in [6.07, 6.45) is 0. The van der Waals surface area contributed by atoms with Gasteiger partial charge in [0, 0.05) is 12.6 Å². The van der Waals surface area contributed by atoms with Crippen LogP contribution < -0.4 is 10.6 Å². The summed E-state index contributed by atoms with van der Waals surface area (Å²) in [6, 6.07) is 20.1. The first-order valence-corrected chi connectivity index (χ1v) is 10.1. The van der Waals surface area contributed by atoms with Gasteiger partial charge in [0.15, 0.2) is 0 Å². The fraction of sp³-hybridized carbons (Fsp3) is 0.0870. The highest BCUT2D eigenvalue weighted by Crippen LogP contribution is 2.29. The third kappa shape index (κ3) is 5.63. The molecule has 3 rings (SSSR count). The van der Waals surface area contributed by atoms with Gasteiger partial charge in [-0.2, -0.15) is 0 Å². The van der Waals surface area contributed by atoms with Crippen molar-refractivity contribution in [2.45, 2.75) is 0 Å². The van der Waals surface area contributed by atoms with Crippen molar-refractivity contribution in [3.63, 3.8) is 0 Å². The third-order valence-corrected chi connectivity index (χ3v) is 5.03. The summed E-state index contributed by atoms with van der Waals surface area (Å²) in [4.78, 5) is 39.1. The van der Waals surface area contributed by atoms with Gasteiger partial charge in [-0.3, -0.25) is 14.4 Å². The van der Waals surface area contributed by atoms with E-state index in [-0.39, 0.29) is 23.7 Å². The van der Waals surface area contributed by atoms with Gasteiger partial charge in [0.25, 0.3) is 11.8 Å². The zero-order valence-electron chi connectivity index (χ0n) is 16.6. The zero-order valence-corrected chi connectivity index (χ0v) is 18.1. The van der Waals surface area contributed by atoms with Gasteiger partial charge >= 0.3 is 0 Å². The molecule has 6 nitrogen and oxygen atoms in total. The molecule has 31 heavy (non-hydrogen) atoms. The molecule has 3 aromatic carbocycles. The standard InChI is InChI=1S/C23H19Cl2N3O3/c1-28(14-20(29)27-21-17(24)11-7-12-18(21)25)23(31)16-10-5-6-13-19(16)26-22(30)15-8-3-2-4-9-15/h2-13H,14H2,1H3,(H,26,30)(H,27,29). The largest absolute Gasteiger partial charge is 0.332 e. The van der Waals surface area contributed by atoms with Crippen LogP contribution in [0.25, 0.3) is 0 Å². The van der Waals surface area contributed by atoms with Crippen molar-refractivity contribution in [2.24, 2.45) is 0 Å². The number of hydrogen-bond acceptors (Lipinski definition) is 3. The second-order valence-electron chi connectivity index (χ2n) is 6.67. The lowest BCUT2D eigenvalue weighted by molar-refractivity contribution is -0.116. The fourth-order valence-electron chi connectivity index (χ4n) is 2.85. The van der Waals surface area contributed by atoms with E-state index in [0.717, 1.165) is 0 Å². The van der Waals surface area contributed by atoms with Gasteiger partial charge in [0.05, 0.1) is 33.5 Å². The lowest BCUT2D eigenvalue weighted by atomic mass is 10.1. The van der Waals surface area contributed by atoms with Gasteiger partial charge in [0.1, 0.15) is 0 Å². The second-order valence-corrected chi connectivity index (χ2v) is 7.49. The van der Waals surface area contributed by atoms with Gasteiger partial charge in [-0.25, -0.2) is 0 Å². The highest BCUT2D eigenvalue weighted by molar-refractivity contribution is 6.39. The lowest BCUT2D eigenvalue weighted by Gasteiger charge is -2.19. The van der Waals surface area contributed by atoms with Crippen LogP contribution in [0.2, 0.25) is 10.0 Å². The van der Waals surface area contributed by atoms with E-state index in [2.05, 4.69) is 10.6 Å². The van der Waals surface area contributed by atoms with E-state index < -0.39 is 11.8 Å². The summed E-state index contributed by atoms with van der Waals surface area (Å²) in [6.45, 7) is -0.235. The Morgan fingerprint density at radius 1 is 0.806 bits per heavy atom. The minimum Gasteiger partial charge on any atom is -0.332 e. The molecule has 0 fully saturated rings. The summed E-state index contributed by atoms with van der Waals surface area (Å²) in [5, 5.41) is 5.96. The number of carbonyl (C=O) groups excluding carboxylic acids is 3. The molecule has 0 heterocycles.